The number of benzene rings is 1. The monoisotopic (exact) mass is 321 g/mol. The molecule has 108 valence electrons. The summed E-state index contributed by atoms with van der Waals surface area (Å²) in [6.07, 6.45) is 0.788. The van der Waals surface area contributed by atoms with E-state index in [1.807, 2.05) is 29.0 Å². The lowest BCUT2D eigenvalue weighted by atomic mass is 10.1. The first-order chi connectivity index (χ1) is 10.2. The number of anilines is 1. The minimum atomic E-state index is -0.571. The van der Waals surface area contributed by atoms with E-state index in [4.69, 9.17) is 0 Å². The minimum absolute atomic E-state index is 0.00449. The SMILES string of the molecule is Fc1cc(F)cc(NC(Cc2cccs2)c2cccs2)c1. The van der Waals surface area contributed by atoms with E-state index < -0.39 is 11.6 Å². The van der Waals surface area contributed by atoms with Crippen molar-refractivity contribution in [2.24, 2.45) is 0 Å². The lowest BCUT2D eigenvalue weighted by molar-refractivity contribution is 0.583. The van der Waals surface area contributed by atoms with Crippen molar-refractivity contribution < 1.29 is 8.78 Å². The molecule has 0 saturated heterocycles. The van der Waals surface area contributed by atoms with E-state index in [1.54, 1.807) is 22.7 Å². The summed E-state index contributed by atoms with van der Waals surface area (Å²) in [5, 5.41) is 7.27. The first-order valence-corrected chi connectivity index (χ1v) is 8.25. The number of thiophene rings is 2. The van der Waals surface area contributed by atoms with Gasteiger partial charge < -0.3 is 5.32 Å². The van der Waals surface area contributed by atoms with Crippen molar-refractivity contribution in [3.63, 3.8) is 0 Å². The lowest BCUT2D eigenvalue weighted by Crippen LogP contribution is -2.12. The van der Waals surface area contributed by atoms with Gasteiger partial charge in [0.15, 0.2) is 0 Å². The number of rotatable bonds is 5. The molecule has 0 saturated carbocycles. The second-order valence-electron chi connectivity index (χ2n) is 4.65. The molecular weight excluding hydrogens is 308 g/mol. The molecule has 5 heteroatoms. The standard InChI is InChI=1S/C16H13F2NS2/c17-11-7-12(18)9-13(8-11)19-15(16-4-2-6-21-16)10-14-3-1-5-20-14/h1-9,15,19H,10H2. The van der Waals surface area contributed by atoms with E-state index in [2.05, 4.69) is 11.4 Å². The van der Waals surface area contributed by atoms with Crippen LogP contribution in [0.3, 0.4) is 0 Å². The molecular formula is C16H13F2NS2. The fourth-order valence-corrected chi connectivity index (χ4v) is 3.71. The number of nitrogens with one attached hydrogen (secondary N) is 1. The van der Waals surface area contributed by atoms with Crippen molar-refractivity contribution in [3.8, 4) is 0 Å². The van der Waals surface area contributed by atoms with Crippen LogP contribution in [0, 0.1) is 11.6 Å². The van der Waals surface area contributed by atoms with Gasteiger partial charge in [0.25, 0.3) is 0 Å². The van der Waals surface area contributed by atoms with Crippen LogP contribution in [-0.4, -0.2) is 0 Å². The largest absolute Gasteiger partial charge is 0.377 e. The highest BCUT2D eigenvalue weighted by Crippen LogP contribution is 2.29. The predicted octanol–water partition coefficient (Wildman–Crippen LogP) is 5.48. The van der Waals surface area contributed by atoms with Crippen LogP contribution in [0.25, 0.3) is 0 Å². The maximum atomic E-state index is 13.3. The summed E-state index contributed by atoms with van der Waals surface area (Å²) in [6, 6.07) is 11.6. The summed E-state index contributed by atoms with van der Waals surface area (Å²) in [6.45, 7) is 0. The summed E-state index contributed by atoms with van der Waals surface area (Å²) in [4.78, 5) is 2.38. The van der Waals surface area contributed by atoms with Crippen LogP contribution in [-0.2, 0) is 6.42 Å². The van der Waals surface area contributed by atoms with Gasteiger partial charge in [-0.3, -0.25) is 0 Å². The van der Waals surface area contributed by atoms with Gasteiger partial charge in [0.1, 0.15) is 11.6 Å². The van der Waals surface area contributed by atoms with Gasteiger partial charge in [-0.2, -0.15) is 0 Å². The third-order valence-corrected chi connectivity index (χ3v) is 4.96. The van der Waals surface area contributed by atoms with E-state index in [0.29, 0.717) is 5.69 Å². The molecule has 1 atom stereocenters. The van der Waals surface area contributed by atoms with Crippen LogP contribution >= 0.6 is 22.7 Å². The zero-order valence-electron chi connectivity index (χ0n) is 11.1. The zero-order valence-corrected chi connectivity index (χ0v) is 12.7. The summed E-state index contributed by atoms with van der Waals surface area (Å²) < 4.78 is 26.6. The molecule has 0 aliphatic rings. The molecule has 3 rings (SSSR count). The Balaban J connectivity index is 1.85. The van der Waals surface area contributed by atoms with Crippen molar-refractivity contribution in [3.05, 3.63) is 74.6 Å². The van der Waals surface area contributed by atoms with Crippen LogP contribution in [0.5, 0.6) is 0 Å². The van der Waals surface area contributed by atoms with Gasteiger partial charge in [0.05, 0.1) is 6.04 Å². The van der Waals surface area contributed by atoms with Crippen molar-refractivity contribution in [2.45, 2.75) is 12.5 Å². The van der Waals surface area contributed by atoms with E-state index in [9.17, 15) is 8.78 Å². The van der Waals surface area contributed by atoms with Crippen molar-refractivity contribution in [2.75, 3.05) is 5.32 Å². The molecule has 0 radical (unpaired) electrons. The molecule has 0 fully saturated rings. The molecule has 1 nitrogen and oxygen atoms in total. The maximum absolute atomic E-state index is 13.3. The number of hydrogen-bond donors (Lipinski definition) is 1. The summed E-state index contributed by atoms with van der Waals surface area (Å²) >= 11 is 3.32. The van der Waals surface area contributed by atoms with Crippen molar-refractivity contribution >= 4 is 28.4 Å². The Morgan fingerprint density at radius 1 is 0.952 bits per heavy atom. The summed E-state index contributed by atoms with van der Waals surface area (Å²) in [5.74, 6) is -1.14. The van der Waals surface area contributed by atoms with Crippen LogP contribution in [0.4, 0.5) is 14.5 Å². The van der Waals surface area contributed by atoms with E-state index in [-0.39, 0.29) is 6.04 Å². The molecule has 3 aromatic rings. The Morgan fingerprint density at radius 2 is 1.67 bits per heavy atom. The second kappa shape index (κ2) is 6.37. The van der Waals surface area contributed by atoms with Crippen LogP contribution in [0.15, 0.2) is 53.2 Å². The highest BCUT2D eigenvalue weighted by molar-refractivity contribution is 7.10. The predicted molar refractivity (Wildman–Crippen MR) is 85.1 cm³/mol. The molecule has 0 aliphatic heterocycles. The average molecular weight is 321 g/mol. The average Bonchev–Trinajstić information content (AvgIpc) is 3.10. The molecule has 0 bridgehead atoms. The lowest BCUT2D eigenvalue weighted by Gasteiger charge is -2.18. The van der Waals surface area contributed by atoms with Crippen LogP contribution in [0.1, 0.15) is 15.8 Å². The third kappa shape index (κ3) is 3.68. The number of halogens is 2. The minimum Gasteiger partial charge on any atom is -0.377 e. The zero-order chi connectivity index (χ0) is 14.7. The smallest absolute Gasteiger partial charge is 0.128 e. The van der Waals surface area contributed by atoms with Crippen LogP contribution < -0.4 is 5.32 Å². The van der Waals surface area contributed by atoms with E-state index in [0.717, 1.165) is 17.4 Å². The van der Waals surface area contributed by atoms with Gasteiger partial charge >= 0.3 is 0 Å². The topological polar surface area (TPSA) is 12.0 Å². The summed E-state index contributed by atoms with van der Waals surface area (Å²) in [7, 11) is 0. The quantitative estimate of drug-likeness (QED) is 0.656. The maximum Gasteiger partial charge on any atom is 0.128 e. The second-order valence-corrected chi connectivity index (χ2v) is 6.67. The molecule has 2 heterocycles. The first-order valence-electron chi connectivity index (χ1n) is 6.49. The fraction of sp³-hybridized carbons (Fsp3) is 0.125. The van der Waals surface area contributed by atoms with Gasteiger partial charge in [-0.1, -0.05) is 12.1 Å². The Bertz CT molecular complexity index is 673. The van der Waals surface area contributed by atoms with Gasteiger partial charge in [-0.25, -0.2) is 8.78 Å². The highest BCUT2D eigenvalue weighted by Gasteiger charge is 2.15. The van der Waals surface area contributed by atoms with Crippen molar-refractivity contribution in [1.29, 1.82) is 0 Å². The normalized spacial score (nSPS) is 12.3. The number of hydrogen-bond acceptors (Lipinski definition) is 3. The molecule has 21 heavy (non-hydrogen) atoms. The van der Waals surface area contributed by atoms with E-state index in [1.165, 1.54) is 17.0 Å². The molecule has 0 aliphatic carbocycles. The van der Waals surface area contributed by atoms with Crippen molar-refractivity contribution in [1.82, 2.24) is 0 Å². The van der Waals surface area contributed by atoms with Gasteiger partial charge in [0.2, 0.25) is 0 Å². The summed E-state index contributed by atoms with van der Waals surface area (Å²) in [5.41, 5.74) is 0.461. The highest BCUT2D eigenvalue weighted by atomic mass is 32.1. The van der Waals surface area contributed by atoms with Gasteiger partial charge in [0, 0.05) is 27.9 Å². The molecule has 2 aromatic heterocycles. The molecule has 0 spiro atoms. The Labute approximate surface area is 129 Å². The molecule has 1 N–H and O–H groups in total. The third-order valence-electron chi connectivity index (χ3n) is 3.08. The Morgan fingerprint density at radius 3 is 2.29 bits per heavy atom. The van der Waals surface area contributed by atoms with Gasteiger partial charge in [-0.05, 0) is 35.0 Å². The Kier molecular flexibility index (Phi) is 4.31. The van der Waals surface area contributed by atoms with Crippen LogP contribution in [0.2, 0.25) is 0 Å². The Hall–Kier alpha value is -1.72. The first kappa shape index (κ1) is 14.2. The van der Waals surface area contributed by atoms with Gasteiger partial charge in [-0.15, -0.1) is 22.7 Å². The molecule has 0 amide bonds. The fourth-order valence-electron chi connectivity index (χ4n) is 2.18. The van der Waals surface area contributed by atoms with E-state index >= 15 is 0 Å². The molecule has 1 aromatic carbocycles. The molecule has 1 unspecified atom stereocenters.